The van der Waals surface area contributed by atoms with Gasteiger partial charge in [0.2, 0.25) is 0 Å². The maximum atomic E-state index is 12.8. The Labute approximate surface area is 178 Å². The van der Waals surface area contributed by atoms with Crippen molar-refractivity contribution in [2.45, 2.75) is 46.1 Å². The number of benzene rings is 2. The van der Waals surface area contributed by atoms with Crippen molar-refractivity contribution in [1.82, 2.24) is 15.5 Å². The molecule has 0 radical (unpaired) electrons. The van der Waals surface area contributed by atoms with Crippen molar-refractivity contribution < 1.29 is 4.79 Å². The molecule has 0 bridgehead atoms. The largest absolute Gasteiger partial charge is 0.374 e. The van der Waals surface area contributed by atoms with Gasteiger partial charge in [-0.15, -0.1) is 0 Å². The second-order valence-electron chi connectivity index (χ2n) is 9.45. The Morgan fingerprint density at radius 2 is 2.10 bits per heavy atom. The molecule has 0 saturated carbocycles. The van der Waals surface area contributed by atoms with Gasteiger partial charge in [-0.3, -0.25) is 5.10 Å². The van der Waals surface area contributed by atoms with Crippen molar-refractivity contribution in [1.29, 1.82) is 0 Å². The molecule has 1 aromatic heterocycles. The Balaban J connectivity index is 1.48. The molecule has 6 nitrogen and oxygen atoms in total. The van der Waals surface area contributed by atoms with E-state index in [0.717, 1.165) is 42.4 Å². The quantitative estimate of drug-likeness (QED) is 0.555. The lowest BCUT2D eigenvalue weighted by molar-refractivity contribution is 0.247. The van der Waals surface area contributed by atoms with Crippen LogP contribution in [0.25, 0.3) is 10.9 Å². The van der Waals surface area contributed by atoms with Gasteiger partial charge in [0.25, 0.3) is 0 Å². The number of aryl methyl sites for hydroxylation is 1. The van der Waals surface area contributed by atoms with Gasteiger partial charge in [-0.25, -0.2) is 4.79 Å². The average molecular weight is 406 g/mol. The Kier molecular flexibility index (Phi) is 5.41. The molecule has 4 rings (SSSR count). The number of carbonyl (C=O) groups excluding carboxylic acids is 1. The number of carbonyl (C=O) groups is 1. The number of nitrogens with one attached hydrogen (secondary N) is 3. The lowest BCUT2D eigenvalue weighted by Gasteiger charge is -2.34. The van der Waals surface area contributed by atoms with E-state index in [1.807, 2.05) is 18.2 Å². The summed E-state index contributed by atoms with van der Waals surface area (Å²) in [5, 5.41) is 14.0. The number of aromatic amines is 1. The minimum atomic E-state index is -0.194. The Morgan fingerprint density at radius 1 is 1.27 bits per heavy atom. The molecule has 1 atom stereocenters. The fourth-order valence-corrected chi connectivity index (χ4v) is 4.03. The number of aromatic nitrogens is 2. The van der Waals surface area contributed by atoms with E-state index in [1.165, 1.54) is 16.8 Å². The van der Waals surface area contributed by atoms with Crippen LogP contribution in [0.4, 0.5) is 16.2 Å². The number of hydrogen-bond donors (Lipinski definition) is 3. The maximum absolute atomic E-state index is 12.8. The SMILES string of the molecule is CN1CCC(NC(=O)Nc2cccc3[nH]ncc23)c2ccc(CCC(C)(C)C)cc21. The highest BCUT2D eigenvalue weighted by atomic mass is 16.2. The molecule has 1 unspecified atom stereocenters. The van der Waals surface area contributed by atoms with Crippen LogP contribution in [0.15, 0.2) is 42.6 Å². The summed E-state index contributed by atoms with van der Waals surface area (Å²) in [6.45, 7) is 7.75. The van der Waals surface area contributed by atoms with E-state index < -0.39 is 0 Å². The van der Waals surface area contributed by atoms with Gasteiger partial charge >= 0.3 is 6.03 Å². The number of H-pyrrole nitrogens is 1. The van der Waals surface area contributed by atoms with Crippen LogP contribution in [-0.4, -0.2) is 29.8 Å². The van der Waals surface area contributed by atoms with E-state index in [4.69, 9.17) is 0 Å². The summed E-state index contributed by atoms with van der Waals surface area (Å²) < 4.78 is 0. The van der Waals surface area contributed by atoms with Crippen LogP contribution in [0, 0.1) is 5.41 Å². The standard InChI is InChI=1S/C24H31N5O/c1-24(2,3)12-10-16-8-9-17-20(11-13-29(4)22(17)14-16)27-23(30)26-19-6-5-7-21-18(19)15-25-28-21/h5-9,14-15,20H,10-13H2,1-4H3,(H,25,28)(H2,26,27,30). The number of anilines is 2. The molecular formula is C24H31N5O. The monoisotopic (exact) mass is 405 g/mol. The minimum Gasteiger partial charge on any atom is -0.374 e. The van der Waals surface area contributed by atoms with Crippen LogP contribution >= 0.6 is 0 Å². The summed E-state index contributed by atoms with van der Waals surface area (Å²) in [7, 11) is 2.13. The first-order chi connectivity index (χ1) is 14.3. The highest BCUT2D eigenvalue weighted by Gasteiger charge is 2.25. The van der Waals surface area contributed by atoms with Gasteiger partial charge in [0, 0.05) is 24.7 Å². The minimum absolute atomic E-state index is 0.00332. The number of amides is 2. The normalized spacial score (nSPS) is 16.4. The Hall–Kier alpha value is -3.02. The van der Waals surface area contributed by atoms with E-state index in [0.29, 0.717) is 5.41 Å². The van der Waals surface area contributed by atoms with Crippen molar-refractivity contribution >= 4 is 28.3 Å². The van der Waals surface area contributed by atoms with Gasteiger partial charge in [-0.2, -0.15) is 5.10 Å². The highest BCUT2D eigenvalue weighted by Crippen LogP contribution is 2.35. The summed E-state index contributed by atoms with van der Waals surface area (Å²) in [6, 6.07) is 12.2. The summed E-state index contributed by atoms with van der Waals surface area (Å²) in [5.41, 5.74) is 5.73. The molecule has 0 spiro atoms. The van der Waals surface area contributed by atoms with Crippen LogP contribution in [0.3, 0.4) is 0 Å². The van der Waals surface area contributed by atoms with Crippen LogP contribution in [-0.2, 0) is 6.42 Å². The van der Waals surface area contributed by atoms with Crippen molar-refractivity contribution in [3.8, 4) is 0 Å². The molecule has 2 aromatic carbocycles. The van der Waals surface area contributed by atoms with Crippen LogP contribution < -0.4 is 15.5 Å². The van der Waals surface area contributed by atoms with E-state index in [9.17, 15) is 4.79 Å². The van der Waals surface area contributed by atoms with E-state index in [2.05, 4.69) is 71.7 Å². The summed E-state index contributed by atoms with van der Waals surface area (Å²) in [6.07, 6.45) is 4.83. The number of urea groups is 1. The topological polar surface area (TPSA) is 73.1 Å². The highest BCUT2D eigenvalue weighted by molar-refractivity contribution is 6.00. The molecule has 2 amide bonds. The van der Waals surface area contributed by atoms with Gasteiger partial charge in [0.1, 0.15) is 0 Å². The zero-order chi connectivity index (χ0) is 21.3. The summed E-state index contributed by atoms with van der Waals surface area (Å²) in [4.78, 5) is 15.0. The summed E-state index contributed by atoms with van der Waals surface area (Å²) in [5.74, 6) is 0. The molecule has 3 N–H and O–H groups in total. The van der Waals surface area contributed by atoms with Gasteiger partial charge in [0.15, 0.2) is 0 Å². The first-order valence-electron chi connectivity index (χ1n) is 10.6. The lowest BCUT2D eigenvalue weighted by atomic mass is 9.87. The molecule has 2 heterocycles. The molecule has 0 saturated heterocycles. The third kappa shape index (κ3) is 4.42. The predicted molar refractivity (Wildman–Crippen MR) is 123 cm³/mol. The second-order valence-corrected chi connectivity index (χ2v) is 9.45. The predicted octanol–water partition coefficient (Wildman–Crippen LogP) is 5.24. The first kappa shape index (κ1) is 20.3. The number of rotatable bonds is 4. The van der Waals surface area contributed by atoms with Crippen LogP contribution in [0.1, 0.15) is 50.8 Å². The first-order valence-corrected chi connectivity index (χ1v) is 10.6. The van der Waals surface area contributed by atoms with Gasteiger partial charge in [-0.1, -0.05) is 39.0 Å². The summed E-state index contributed by atoms with van der Waals surface area (Å²) >= 11 is 0. The van der Waals surface area contributed by atoms with Crippen LogP contribution in [0.5, 0.6) is 0 Å². The Morgan fingerprint density at radius 3 is 2.90 bits per heavy atom. The molecule has 0 aliphatic carbocycles. The maximum Gasteiger partial charge on any atom is 0.319 e. The third-order valence-corrected chi connectivity index (χ3v) is 5.84. The van der Waals surface area contributed by atoms with Crippen molar-refractivity contribution in [3.63, 3.8) is 0 Å². The molecule has 1 aliphatic heterocycles. The zero-order valence-corrected chi connectivity index (χ0v) is 18.2. The number of hydrogen-bond acceptors (Lipinski definition) is 3. The molecule has 158 valence electrons. The lowest BCUT2D eigenvalue weighted by Crippen LogP contribution is -2.38. The van der Waals surface area contributed by atoms with Crippen molar-refractivity contribution in [3.05, 3.63) is 53.7 Å². The molecule has 0 fully saturated rings. The van der Waals surface area contributed by atoms with E-state index >= 15 is 0 Å². The number of fused-ring (bicyclic) bond motifs is 2. The van der Waals surface area contributed by atoms with Crippen LogP contribution in [0.2, 0.25) is 0 Å². The fraction of sp³-hybridized carbons (Fsp3) is 0.417. The number of nitrogens with zero attached hydrogens (tertiary/aromatic N) is 2. The zero-order valence-electron chi connectivity index (χ0n) is 18.2. The molecule has 3 aromatic rings. The molecule has 30 heavy (non-hydrogen) atoms. The average Bonchev–Trinajstić information content (AvgIpc) is 3.18. The van der Waals surface area contributed by atoms with E-state index in [1.54, 1.807) is 6.20 Å². The van der Waals surface area contributed by atoms with Gasteiger partial charge in [0.05, 0.1) is 23.4 Å². The Bertz CT molecular complexity index is 1050. The molecule has 6 heteroatoms. The second kappa shape index (κ2) is 8.01. The van der Waals surface area contributed by atoms with Gasteiger partial charge < -0.3 is 15.5 Å². The van der Waals surface area contributed by atoms with Gasteiger partial charge in [-0.05, 0) is 54.0 Å². The molecule has 1 aliphatic rings. The van der Waals surface area contributed by atoms with Crippen molar-refractivity contribution in [2.75, 3.05) is 23.8 Å². The fourth-order valence-electron chi connectivity index (χ4n) is 4.03. The third-order valence-electron chi connectivity index (χ3n) is 5.84. The molecular weight excluding hydrogens is 374 g/mol. The van der Waals surface area contributed by atoms with Crippen molar-refractivity contribution in [2.24, 2.45) is 5.41 Å². The van der Waals surface area contributed by atoms with E-state index in [-0.39, 0.29) is 12.1 Å². The smallest absolute Gasteiger partial charge is 0.319 e.